The number of sulfonamides is 1. The zero-order valence-corrected chi connectivity index (χ0v) is 36.2. The molecule has 6 rings (SSSR count). The van der Waals surface area contributed by atoms with E-state index in [0.29, 0.717) is 62.2 Å². The van der Waals surface area contributed by atoms with Crippen molar-refractivity contribution >= 4 is 44.6 Å². The molecule has 15 nitrogen and oxygen atoms in total. The molecule has 0 spiro atoms. The summed E-state index contributed by atoms with van der Waals surface area (Å²) in [5.74, 6) is -5.83. The highest BCUT2D eigenvalue weighted by Crippen LogP contribution is 2.48. The summed E-state index contributed by atoms with van der Waals surface area (Å²) >= 11 is 0. The average Bonchev–Trinajstić information content (AvgIpc) is 4.04. The highest BCUT2D eigenvalue weighted by atomic mass is 32.2. The van der Waals surface area contributed by atoms with Crippen molar-refractivity contribution in [3.8, 4) is 17.5 Å². The second-order valence-corrected chi connectivity index (χ2v) is 19.9. The Balaban J connectivity index is 1.37. The van der Waals surface area contributed by atoms with E-state index in [-0.39, 0.29) is 37.1 Å². The second kappa shape index (κ2) is 16.6. The molecule has 1 aromatic heterocycles. The van der Waals surface area contributed by atoms with Crippen LogP contribution < -0.4 is 29.6 Å². The van der Waals surface area contributed by atoms with Crippen molar-refractivity contribution in [1.82, 2.24) is 25.2 Å². The number of halogens is 2. The van der Waals surface area contributed by atoms with E-state index < -0.39 is 85.7 Å². The van der Waals surface area contributed by atoms with E-state index in [1.807, 2.05) is 19.1 Å². The molecule has 2 saturated carbocycles. The largest absolute Gasteiger partial charge is 0.497 e. The summed E-state index contributed by atoms with van der Waals surface area (Å²) in [6.07, 6.45) is 4.07. The molecule has 7 atom stereocenters. The fourth-order valence-electron chi connectivity index (χ4n) is 7.85. The lowest BCUT2D eigenvalue weighted by Gasteiger charge is -2.35. The maximum absolute atomic E-state index is 14.9. The lowest BCUT2D eigenvalue weighted by molar-refractivity contribution is -0.152. The van der Waals surface area contributed by atoms with Crippen LogP contribution in [-0.2, 0) is 29.1 Å². The number of methoxy groups -OCH3 is 1. The van der Waals surface area contributed by atoms with Gasteiger partial charge in [-0.15, -0.1) is 0 Å². The van der Waals surface area contributed by atoms with E-state index in [9.17, 15) is 36.4 Å². The van der Waals surface area contributed by atoms with E-state index in [4.69, 9.17) is 18.9 Å². The molecule has 1 aromatic carbocycles. The first kappa shape index (κ1) is 44.8. The van der Waals surface area contributed by atoms with Crippen molar-refractivity contribution < 1.29 is 55.3 Å². The minimum absolute atomic E-state index is 0.0109. The maximum atomic E-state index is 14.9. The first-order valence-electron chi connectivity index (χ1n) is 20.5. The number of aromatic nitrogens is 1. The van der Waals surface area contributed by atoms with Gasteiger partial charge in [-0.25, -0.2) is 22.0 Å². The number of carbonyl (C=O) groups excluding carboxylic acids is 4. The summed E-state index contributed by atoms with van der Waals surface area (Å²) in [6, 6.07) is 4.38. The van der Waals surface area contributed by atoms with E-state index in [1.54, 1.807) is 45.0 Å². The molecule has 3 heterocycles. The third-order valence-electron chi connectivity index (χ3n) is 12.5. The minimum Gasteiger partial charge on any atom is -0.497 e. The van der Waals surface area contributed by atoms with Gasteiger partial charge in [0.05, 0.1) is 25.0 Å². The van der Waals surface area contributed by atoms with Gasteiger partial charge in [-0.05, 0) is 102 Å². The molecule has 330 valence electrons. The van der Waals surface area contributed by atoms with Gasteiger partial charge >= 0.3 is 6.09 Å². The molecule has 2 aliphatic heterocycles. The fourth-order valence-corrected chi connectivity index (χ4v) is 9.16. The van der Waals surface area contributed by atoms with Crippen molar-refractivity contribution in [2.45, 2.75) is 133 Å². The number of alkyl carbamates (subject to hydrolysis) is 1. The fraction of sp³-hybridized carbons (Fsp3) is 0.643. The molecule has 0 bridgehead atoms. The predicted octanol–water partition coefficient (Wildman–Crippen LogP) is 5.40. The maximum Gasteiger partial charge on any atom is 0.408 e. The quantitative estimate of drug-likeness (QED) is 0.245. The molecule has 2 aliphatic carbocycles. The van der Waals surface area contributed by atoms with Crippen LogP contribution in [0.4, 0.5) is 13.6 Å². The van der Waals surface area contributed by atoms with Crippen LogP contribution in [0.1, 0.15) is 93.4 Å². The van der Waals surface area contributed by atoms with Crippen LogP contribution in [0.5, 0.6) is 17.5 Å². The Hall–Kier alpha value is -4.74. The van der Waals surface area contributed by atoms with E-state index in [2.05, 4.69) is 20.3 Å². The summed E-state index contributed by atoms with van der Waals surface area (Å²) in [5, 5.41) is 6.67. The Labute approximate surface area is 349 Å². The van der Waals surface area contributed by atoms with Crippen LogP contribution in [0, 0.1) is 17.8 Å². The normalized spacial score (nSPS) is 28.3. The highest BCUT2D eigenvalue weighted by molar-refractivity contribution is 7.91. The first-order chi connectivity index (χ1) is 28.0. The number of pyridine rings is 1. The third-order valence-corrected chi connectivity index (χ3v) is 14.6. The average molecular weight is 862 g/mol. The topological polar surface area (TPSA) is 192 Å². The van der Waals surface area contributed by atoms with Gasteiger partial charge in [0.25, 0.3) is 11.8 Å². The van der Waals surface area contributed by atoms with Gasteiger partial charge in [0.1, 0.15) is 29.5 Å². The summed E-state index contributed by atoms with van der Waals surface area (Å²) in [6.45, 7) is 9.97. The van der Waals surface area contributed by atoms with Crippen LogP contribution in [0.3, 0.4) is 0 Å². The molecular weight excluding hydrogens is 805 g/mol. The molecule has 1 saturated heterocycles. The summed E-state index contributed by atoms with van der Waals surface area (Å²) in [7, 11) is -2.53. The number of allylic oxidation sites excluding steroid dienone is 1. The number of nitrogens with zero attached hydrogens (tertiary/aromatic N) is 2. The predicted molar refractivity (Wildman–Crippen MR) is 217 cm³/mol. The Morgan fingerprint density at radius 3 is 2.47 bits per heavy atom. The molecule has 3 fully saturated rings. The molecule has 2 aromatic rings. The third kappa shape index (κ3) is 9.27. The van der Waals surface area contributed by atoms with Gasteiger partial charge in [-0.3, -0.25) is 19.1 Å². The summed E-state index contributed by atoms with van der Waals surface area (Å²) < 4.78 is 79.3. The first-order valence-corrected chi connectivity index (χ1v) is 22.0. The molecular formula is C42H57F2N5O10S. The van der Waals surface area contributed by atoms with Gasteiger partial charge in [0.2, 0.25) is 33.6 Å². The number of fused-ring (bicyclic) bond motifs is 3. The zero-order valence-electron chi connectivity index (χ0n) is 35.4. The van der Waals surface area contributed by atoms with E-state index in [1.165, 1.54) is 12.0 Å². The number of alkyl halides is 2. The number of rotatable bonds is 11. The van der Waals surface area contributed by atoms with E-state index in [0.717, 1.165) is 13.8 Å². The lowest BCUT2D eigenvalue weighted by atomic mass is 9.88. The Bertz CT molecular complexity index is 2140. The van der Waals surface area contributed by atoms with Gasteiger partial charge in [0.15, 0.2) is 5.60 Å². The molecule has 0 radical (unpaired) electrons. The van der Waals surface area contributed by atoms with Crippen molar-refractivity contribution in [3.63, 3.8) is 0 Å². The highest BCUT2D eigenvalue weighted by Gasteiger charge is 2.63. The van der Waals surface area contributed by atoms with Crippen LogP contribution in [0.2, 0.25) is 0 Å². The molecule has 18 heteroatoms. The molecule has 3 N–H and O–H groups in total. The van der Waals surface area contributed by atoms with Gasteiger partial charge in [0, 0.05) is 30.7 Å². The lowest BCUT2D eigenvalue weighted by Crippen LogP contribution is -2.59. The van der Waals surface area contributed by atoms with Gasteiger partial charge < -0.3 is 34.5 Å². The number of carbonyl (C=O) groups is 4. The Kier molecular flexibility index (Phi) is 12.4. The Morgan fingerprint density at radius 1 is 1.10 bits per heavy atom. The van der Waals surface area contributed by atoms with Crippen molar-refractivity contribution in [2.24, 2.45) is 17.8 Å². The molecule has 60 heavy (non-hydrogen) atoms. The zero-order chi connectivity index (χ0) is 44.0. The number of nitrogens with one attached hydrogen (secondary N) is 3. The van der Waals surface area contributed by atoms with Gasteiger partial charge in [-0.2, -0.15) is 4.98 Å². The van der Waals surface area contributed by atoms with Crippen molar-refractivity contribution in [2.75, 3.05) is 20.3 Å². The van der Waals surface area contributed by atoms with Crippen molar-refractivity contribution in [3.05, 3.63) is 36.4 Å². The second-order valence-electron chi connectivity index (χ2n) is 17.7. The minimum atomic E-state index is -4.07. The number of hydrogen-bond donors (Lipinski definition) is 3. The van der Waals surface area contributed by atoms with Crippen LogP contribution in [0.25, 0.3) is 10.8 Å². The number of benzene rings is 1. The van der Waals surface area contributed by atoms with Gasteiger partial charge in [-0.1, -0.05) is 26.0 Å². The number of ether oxygens (including phenoxy) is 4. The molecule has 4 amide bonds. The number of hydrogen-bond acceptors (Lipinski definition) is 11. The van der Waals surface area contributed by atoms with E-state index >= 15 is 0 Å². The Morgan fingerprint density at radius 2 is 1.82 bits per heavy atom. The summed E-state index contributed by atoms with van der Waals surface area (Å²) in [5.41, 5.74) is -3.85. The molecule has 7 unspecified atom stereocenters. The van der Waals surface area contributed by atoms with Crippen LogP contribution >= 0.6 is 0 Å². The smallest absolute Gasteiger partial charge is 0.408 e. The standard InChI is InChI=1S/C42H57F2N5O10S/c1-9-57-32-20-26-19-28(56-8)14-15-30(26)35(45-32)58-29-21-31-34(50)47-42(37(52)48-60(54,55)40(6)16-17-40)22-27(42)13-11-10-12-24(2)18-25(3)33(36(51)49(31)23-29)46-38(53)59-39(4,5)41(7,43)44/h11,13-15,19-20,24-25,27,29,31,33H,9-10,12,16-18,21-23H2,1-8H3,(H,46,53)(H,47,50)(H,48,52). The van der Waals surface area contributed by atoms with Crippen LogP contribution in [-0.4, -0.2) is 102 Å². The SMILES string of the molecule is CCOc1cc2cc(OC)ccc2c(OC2CC3C(=O)NC4(C(=O)NS(=O)(=O)C5(C)CC5)CC4C=CCCC(C)CC(C)C(NC(=O)OC(C)(C)C(C)(F)F)C(=O)N3C2)n1. The number of amides is 4. The monoisotopic (exact) mass is 861 g/mol. The summed E-state index contributed by atoms with van der Waals surface area (Å²) in [4.78, 5) is 62.7. The molecule has 4 aliphatic rings. The van der Waals surface area contributed by atoms with Crippen LogP contribution in [0.15, 0.2) is 36.4 Å². The van der Waals surface area contributed by atoms with Crippen molar-refractivity contribution in [1.29, 1.82) is 0 Å².